The van der Waals surface area contributed by atoms with E-state index in [0.717, 1.165) is 24.1 Å². The largest absolute Gasteiger partial charge is 0.350 e. The molecule has 31 heavy (non-hydrogen) atoms. The molecular weight excluding hydrogens is 396 g/mol. The van der Waals surface area contributed by atoms with E-state index in [2.05, 4.69) is 30.8 Å². The van der Waals surface area contributed by atoms with Crippen molar-refractivity contribution in [2.75, 3.05) is 19.6 Å². The van der Waals surface area contributed by atoms with E-state index in [9.17, 15) is 9.59 Å². The molecule has 1 saturated heterocycles. The highest BCUT2D eigenvalue weighted by Crippen LogP contribution is 2.22. The Hall–Kier alpha value is -3.69. The van der Waals surface area contributed by atoms with Crippen molar-refractivity contribution in [3.8, 4) is 0 Å². The van der Waals surface area contributed by atoms with Crippen molar-refractivity contribution >= 4 is 11.8 Å². The second kappa shape index (κ2) is 9.41. The van der Waals surface area contributed by atoms with Crippen LogP contribution in [0.1, 0.15) is 38.5 Å². The summed E-state index contributed by atoms with van der Waals surface area (Å²) in [6.45, 7) is 4.22. The van der Waals surface area contributed by atoms with E-state index in [-0.39, 0.29) is 11.8 Å². The molecule has 1 aliphatic rings. The maximum atomic E-state index is 12.5. The molecule has 160 valence electrons. The molecule has 1 aliphatic heterocycles. The van der Waals surface area contributed by atoms with Crippen LogP contribution in [0.3, 0.4) is 0 Å². The van der Waals surface area contributed by atoms with Crippen LogP contribution in [0.4, 0.5) is 0 Å². The Balaban J connectivity index is 1.29. The van der Waals surface area contributed by atoms with Crippen LogP contribution >= 0.6 is 0 Å². The normalized spacial score (nSPS) is 15.8. The molecule has 1 fully saturated rings. The van der Waals surface area contributed by atoms with Crippen molar-refractivity contribution in [3.63, 3.8) is 0 Å². The first kappa shape index (κ1) is 20.6. The molecule has 0 radical (unpaired) electrons. The number of hydrogen-bond donors (Lipinski definition) is 1. The molecule has 0 aromatic carbocycles. The predicted octanol–water partition coefficient (Wildman–Crippen LogP) is 0.906. The van der Waals surface area contributed by atoms with Crippen molar-refractivity contribution < 1.29 is 9.59 Å². The third-order valence-corrected chi connectivity index (χ3v) is 5.23. The van der Waals surface area contributed by atoms with Gasteiger partial charge in [0.1, 0.15) is 0 Å². The third kappa shape index (κ3) is 5.27. The Kier molecular flexibility index (Phi) is 6.25. The third-order valence-electron chi connectivity index (χ3n) is 5.23. The molecule has 10 nitrogen and oxygen atoms in total. The quantitative estimate of drug-likeness (QED) is 0.603. The van der Waals surface area contributed by atoms with Gasteiger partial charge in [0.2, 0.25) is 0 Å². The Morgan fingerprint density at radius 2 is 2.16 bits per heavy atom. The summed E-state index contributed by atoms with van der Waals surface area (Å²) in [5, 5.41) is 18.5. The zero-order valence-electron chi connectivity index (χ0n) is 17.3. The van der Waals surface area contributed by atoms with Crippen LogP contribution in [0, 0.1) is 12.8 Å². The lowest BCUT2D eigenvalue weighted by Crippen LogP contribution is -2.29. The first-order chi connectivity index (χ1) is 15.1. The molecule has 1 unspecified atom stereocenters. The predicted molar refractivity (Wildman–Crippen MR) is 111 cm³/mol. The number of rotatable bonds is 7. The van der Waals surface area contributed by atoms with Crippen LogP contribution in [0.25, 0.3) is 0 Å². The van der Waals surface area contributed by atoms with Gasteiger partial charge in [-0.15, -0.1) is 10.2 Å². The van der Waals surface area contributed by atoms with Gasteiger partial charge in [-0.05, 0) is 49.4 Å². The Morgan fingerprint density at radius 3 is 2.94 bits per heavy atom. The van der Waals surface area contributed by atoms with Gasteiger partial charge in [0.25, 0.3) is 11.8 Å². The van der Waals surface area contributed by atoms with Crippen molar-refractivity contribution in [1.29, 1.82) is 0 Å². The monoisotopic (exact) mass is 420 g/mol. The number of aryl methyl sites for hydroxylation is 1. The standard InChI is InChI=1S/C21H24N8O2/c1-15-13-29(27-25-15)8-6-23-20(30)18-10-17(11-22-12-18)9-16-4-7-28(14-16)21(31)19-3-2-5-24-26-19/h2-3,5,10-13,16H,4,6-9,14H2,1H3,(H,23,30). The molecule has 1 atom stereocenters. The van der Waals surface area contributed by atoms with Gasteiger partial charge in [0.05, 0.1) is 17.8 Å². The number of hydrogen-bond acceptors (Lipinski definition) is 7. The number of likely N-dealkylation sites (tertiary alicyclic amines) is 1. The van der Waals surface area contributed by atoms with Crippen LogP contribution < -0.4 is 5.32 Å². The Labute approximate surface area is 179 Å². The average molecular weight is 420 g/mol. The first-order valence-electron chi connectivity index (χ1n) is 10.2. The van der Waals surface area contributed by atoms with E-state index in [1.807, 2.05) is 24.1 Å². The minimum atomic E-state index is -0.169. The molecule has 4 rings (SSSR count). The summed E-state index contributed by atoms with van der Waals surface area (Å²) in [6, 6.07) is 5.26. The summed E-state index contributed by atoms with van der Waals surface area (Å²) in [5.74, 6) is 0.0535. The van der Waals surface area contributed by atoms with E-state index < -0.39 is 0 Å². The zero-order valence-corrected chi connectivity index (χ0v) is 17.3. The maximum absolute atomic E-state index is 12.5. The van der Waals surface area contributed by atoms with Gasteiger partial charge in [-0.25, -0.2) is 0 Å². The molecule has 0 saturated carbocycles. The fraction of sp³-hybridized carbons (Fsp3) is 0.381. The first-order valence-corrected chi connectivity index (χ1v) is 10.2. The molecule has 10 heteroatoms. The smallest absolute Gasteiger partial charge is 0.274 e. The molecule has 3 aromatic heterocycles. The summed E-state index contributed by atoms with van der Waals surface area (Å²) >= 11 is 0. The van der Waals surface area contributed by atoms with E-state index in [4.69, 9.17) is 0 Å². The number of carbonyl (C=O) groups excluding carboxylic acids is 2. The van der Waals surface area contributed by atoms with Gasteiger partial charge in [-0.1, -0.05) is 5.21 Å². The second-order valence-corrected chi connectivity index (χ2v) is 7.68. The van der Waals surface area contributed by atoms with Crippen LogP contribution in [0.2, 0.25) is 0 Å². The van der Waals surface area contributed by atoms with Crippen LogP contribution in [0.15, 0.2) is 43.0 Å². The lowest BCUT2D eigenvalue weighted by atomic mass is 9.99. The number of nitrogens with zero attached hydrogens (tertiary/aromatic N) is 7. The second-order valence-electron chi connectivity index (χ2n) is 7.68. The molecule has 0 spiro atoms. The number of pyridine rings is 1. The zero-order chi connectivity index (χ0) is 21.6. The molecule has 2 amide bonds. The topological polar surface area (TPSA) is 119 Å². The van der Waals surface area contributed by atoms with Crippen molar-refractivity contribution in [2.45, 2.75) is 26.3 Å². The van der Waals surface area contributed by atoms with Crippen LogP contribution in [-0.4, -0.2) is 66.5 Å². The van der Waals surface area contributed by atoms with Gasteiger partial charge < -0.3 is 10.2 Å². The number of nitrogens with one attached hydrogen (secondary N) is 1. The minimum absolute atomic E-state index is 0.0931. The van der Waals surface area contributed by atoms with Gasteiger partial charge >= 0.3 is 0 Å². The number of carbonyl (C=O) groups is 2. The Morgan fingerprint density at radius 1 is 1.26 bits per heavy atom. The van der Waals surface area contributed by atoms with Gasteiger partial charge in [-0.2, -0.15) is 5.10 Å². The van der Waals surface area contributed by atoms with Crippen LogP contribution in [0.5, 0.6) is 0 Å². The number of aromatic nitrogens is 6. The summed E-state index contributed by atoms with van der Waals surface area (Å²) in [6.07, 6.45) is 8.39. The van der Waals surface area contributed by atoms with Crippen molar-refractivity contribution in [3.05, 3.63) is 65.5 Å². The highest BCUT2D eigenvalue weighted by atomic mass is 16.2. The Bertz CT molecular complexity index is 1050. The molecular formula is C21H24N8O2. The highest BCUT2D eigenvalue weighted by molar-refractivity contribution is 5.94. The van der Waals surface area contributed by atoms with E-state index in [0.29, 0.717) is 43.4 Å². The van der Waals surface area contributed by atoms with E-state index >= 15 is 0 Å². The lowest BCUT2D eigenvalue weighted by Gasteiger charge is -2.16. The number of amides is 2. The van der Waals surface area contributed by atoms with Crippen molar-refractivity contribution in [1.82, 2.24) is 40.4 Å². The van der Waals surface area contributed by atoms with E-state index in [1.54, 1.807) is 35.4 Å². The average Bonchev–Trinajstić information content (AvgIpc) is 3.43. The summed E-state index contributed by atoms with van der Waals surface area (Å²) in [4.78, 5) is 31.0. The van der Waals surface area contributed by atoms with Crippen molar-refractivity contribution in [2.24, 2.45) is 5.92 Å². The van der Waals surface area contributed by atoms with Gasteiger partial charge in [0, 0.05) is 44.4 Å². The van der Waals surface area contributed by atoms with Gasteiger partial charge in [0.15, 0.2) is 5.69 Å². The van der Waals surface area contributed by atoms with E-state index in [1.165, 1.54) is 0 Å². The van der Waals surface area contributed by atoms with Gasteiger partial charge in [-0.3, -0.25) is 19.3 Å². The maximum Gasteiger partial charge on any atom is 0.274 e. The molecule has 4 heterocycles. The highest BCUT2D eigenvalue weighted by Gasteiger charge is 2.28. The summed E-state index contributed by atoms with van der Waals surface area (Å²) < 4.78 is 1.69. The minimum Gasteiger partial charge on any atom is -0.350 e. The fourth-order valence-electron chi connectivity index (χ4n) is 3.71. The lowest BCUT2D eigenvalue weighted by molar-refractivity contribution is 0.0780. The molecule has 0 aliphatic carbocycles. The van der Waals surface area contributed by atoms with Crippen LogP contribution in [-0.2, 0) is 13.0 Å². The SMILES string of the molecule is Cc1cn(CCNC(=O)c2cncc(CC3CCN(C(=O)c4cccnn4)C3)c2)nn1. The summed E-state index contributed by atoms with van der Waals surface area (Å²) in [5.41, 5.74) is 2.72. The fourth-order valence-corrected chi connectivity index (χ4v) is 3.71. The molecule has 1 N–H and O–H groups in total. The molecule has 3 aromatic rings. The summed E-state index contributed by atoms with van der Waals surface area (Å²) in [7, 11) is 0. The molecule has 0 bridgehead atoms.